The lowest BCUT2D eigenvalue weighted by Crippen LogP contribution is -2.49. The first-order chi connectivity index (χ1) is 9.06. The standard InChI is InChI=1S/C16H32N2O/c1-4-5-6-7-10-13(3)18-16(19)15-12(2)9-8-11-14(15)17/h12-15H,4-11,17H2,1-3H3,(H,18,19). The van der Waals surface area contributed by atoms with Gasteiger partial charge < -0.3 is 11.1 Å². The van der Waals surface area contributed by atoms with Crippen molar-refractivity contribution in [2.45, 2.75) is 84.2 Å². The summed E-state index contributed by atoms with van der Waals surface area (Å²) in [5.74, 6) is 0.630. The van der Waals surface area contributed by atoms with Gasteiger partial charge in [0.25, 0.3) is 0 Å². The number of hydrogen-bond acceptors (Lipinski definition) is 2. The van der Waals surface area contributed by atoms with Gasteiger partial charge in [0.05, 0.1) is 5.92 Å². The van der Waals surface area contributed by atoms with Crippen LogP contribution in [0.4, 0.5) is 0 Å². The van der Waals surface area contributed by atoms with Crippen molar-refractivity contribution in [1.29, 1.82) is 0 Å². The Hall–Kier alpha value is -0.570. The second kappa shape index (κ2) is 8.57. The minimum atomic E-state index is 0.0202. The van der Waals surface area contributed by atoms with Crippen LogP contribution in [0.15, 0.2) is 0 Å². The van der Waals surface area contributed by atoms with Crippen LogP contribution in [0, 0.1) is 11.8 Å². The highest BCUT2D eigenvalue weighted by atomic mass is 16.2. The smallest absolute Gasteiger partial charge is 0.225 e. The number of hydrogen-bond donors (Lipinski definition) is 2. The zero-order valence-electron chi connectivity index (χ0n) is 13.0. The lowest BCUT2D eigenvalue weighted by atomic mass is 9.76. The van der Waals surface area contributed by atoms with Crippen LogP contribution in [-0.2, 0) is 4.79 Å². The van der Waals surface area contributed by atoms with Gasteiger partial charge in [0, 0.05) is 12.1 Å². The Balaban J connectivity index is 2.32. The van der Waals surface area contributed by atoms with E-state index in [2.05, 4.69) is 26.1 Å². The van der Waals surface area contributed by atoms with E-state index in [0.717, 1.165) is 19.3 Å². The van der Waals surface area contributed by atoms with Gasteiger partial charge in [-0.2, -0.15) is 0 Å². The Morgan fingerprint density at radius 2 is 2.05 bits per heavy atom. The highest BCUT2D eigenvalue weighted by Gasteiger charge is 2.34. The fourth-order valence-corrected chi connectivity index (χ4v) is 3.20. The molecule has 19 heavy (non-hydrogen) atoms. The molecule has 0 aromatic carbocycles. The molecule has 0 heterocycles. The first-order valence-electron chi connectivity index (χ1n) is 8.12. The molecule has 0 radical (unpaired) electrons. The molecule has 4 atom stereocenters. The fourth-order valence-electron chi connectivity index (χ4n) is 3.20. The lowest BCUT2D eigenvalue weighted by molar-refractivity contribution is -0.128. The van der Waals surface area contributed by atoms with Gasteiger partial charge in [0.15, 0.2) is 0 Å². The third kappa shape index (κ3) is 5.52. The van der Waals surface area contributed by atoms with Crippen molar-refractivity contribution in [3.63, 3.8) is 0 Å². The molecule has 1 saturated carbocycles. The second-order valence-electron chi connectivity index (χ2n) is 6.36. The number of carbonyl (C=O) groups is 1. The summed E-state index contributed by atoms with van der Waals surface area (Å²) < 4.78 is 0. The number of nitrogens with one attached hydrogen (secondary N) is 1. The molecule has 1 fully saturated rings. The first-order valence-corrected chi connectivity index (χ1v) is 8.12. The van der Waals surface area contributed by atoms with Gasteiger partial charge >= 0.3 is 0 Å². The van der Waals surface area contributed by atoms with E-state index in [4.69, 9.17) is 5.73 Å². The first kappa shape index (κ1) is 16.5. The molecule has 3 heteroatoms. The summed E-state index contributed by atoms with van der Waals surface area (Å²) in [5, 5.41) is 3.17. The maximum Gasteiger partial charge on any atom is 0.225 e. The maximum atomic E-state index is 12.3. The van der Waals surface area contributed by atoms with Gasteiger partial charge in [0.2, 0.25) is 5.91 Å². The van der Waals surface area contributed by atoms with E-state index in [1.54, 1.807) is 0 Å². The van der Waals surface area contributed by atoms with Crippen molar-refractivity contribution in [2.75, 3.05) is 0 Å². The zero-order chi connectivity index (χ0) is 14.3. The Kier molecular flexibility index (Phi) is 7.44. The van der Waals surface area contributed by atoms with Crippen LogP contribution in [0.2, 0.25) is 0 Å². The third-order valence-electron chi connectivity index (χ3n) is 4.45. The number of rotatable bonds is 7. The second-order valence-corrected chi connectivity index (χ2v) is 6.36. The van der Waals surface area contributed by atoms with E-state index in [1.165, 1.54) is 32.1 Å². The molecule has 1 amide bonds. The maximum absolute atomic E-state index is 12.3. The van der Waals surface area contributed by atoms with Crippen molar-refractivity contribution in [1.82, 2.24) is 5.32 Å². The van der Waals surface area contributed by atoms with Crippen molar-refractivity contribution in [3.8, 4) is 0 Å². The molecule has 3 nitrogen and oxygen atoms in total. The minimum absolute atomic E-state index is 0.0202. The largest absolute Gasteiger partial charge is 0.353 e. The third-order valence-corrected chi connectivity index (χ3v) is 4.45. The summed E-state index contributed by atoms with van der Waals surface area (Å²) in [6.45, 7) is 6.50. The number of amides is 1. The van der Waals surface area contributed by atoms with Gasteiger partial charge in [-0.05, 0) is 32.1 Å². The number of nitrogens with two attached hydrogens (primary N) is 1. The zero-order valence-corrected chi connectivity index (χ0v) is 13.0. The predicted octanol–water partition coefficient (Wildman–Crippen LogP) is 3.23. The van der Waals surface area contributed by atoms with E-state index in [9.17, 15) is 4.79 Å². The molecule has 1 rings (SSSR count). The molecule has 0 aliphatic heterocycles. The molecule has 1 aliphatic carbocycles. The van der Waals surface area contributed by atoms with Crippen LogP contribution in [0.5, 0.6) is 0 Å². The average molecular weight is 268 g/mol. The Bertz CT molecular complexity index is 257. The van der Waals surface area contributed by atoms with Crippen LogP contribution in [0.3, 0.4) is 0 Å². The molecule has 0 bridgehead atoms. The molecule has 112 valence electrons. The average Bonchev–Trinajstić information content (AvgIpc) is 2.34. The van der Waals surface area contributed by atoms with Crippen LogP contribution in [0.1, 0.15) is 72.1 Å². The van der Waals surface area contributed by atoms with Gasteiger partial charge in [-0.1, -0.05) is 46.0 Å². The van der Waals surface area contributed by atoms with E-state index in [0.29, 0.717) is 5.92 Å². The SMILES string of the molecule is CCCCCCC(C)NC(=O)C1C(C)CCCC1N. The molecule has 0 aromatic rings. The topological polar surface area (TPSA) is 55.1 Å². The lowest BCUT2D eigenvalue weighted by Gasteiger charge is -2.34. The summed E-state index contributed by atoms with van der Waals surface area (Å²) in [6, 6.07) is 0.335. The highest BCUT2D eigenvalue weighted by molar-refractivity contribution is 5.80. The van der Waals surface area contributed by atoms with Crippen LogP contribution in [0.25, 0.3) is 0 Å². The number of unbranched alkanes of at least 4 members (excludes halogenated alkanes) is 3. The van der Waals surface area contributed by atoms with E-state index in [-0.39, 0.29) is 23.9 Å². The molecule has 1 aliphatic rings. The van der Waals surface area contributed by atoms with Gasteiger partial charge in [-0.3, -0.25) is 4.79 Å². The molecule has 0 saturated heterocycles. The Labute approximate surface area is 118 Å². The highest BCUT2D eigenvalue weighted by Crippen LogP contribution is 2.29. The van der Waals surface area contributed by atoms with Crippen LogP contribution >= 0.6 is 0 Å². The van der Waals surface area contributed by atoms with Gasteiger partial charge in [0.1, 0.15) is 0 Å². The molecule has 4 unspecified atom stereocenters. The summed E-state index contributed by atoms with van der Waals surface area (Å²) in [7, 11) is 0. The van der Waals surface area contributed by atoms with E-state index in [1.807, 2.05) is 0 Å². The van der Waals surface area contributed by atoms with Gasteiger partial charge in [-0.25, -0.2) is 0 Å². The van der Waals surface area contributed by atoms with Crippen molar-refractivity contribution >= 4 is 5.91 Å². The Morgan fingerprint density at radius 1 is 1.32 bits per heavy atom. The summed E-state index contributed by atoms with van der Waals surface area (Å²) in [6.07, 6.45) is 9.42. The monoisotopic (exact) mass is 268 g/mol. The molecular weight excluding hydrogens is 236 g/mol. The minimum Gasteiger partial charge on any atom is -0.353 e. The van der Waals surface area contributed by atoms with Crippen LogP contribution < -0.4 is 11.1 Å². The quantitative estimate of drug-likeness (QED) is 0.697. The number of carbonyl (C=O) groups excluding carboxylic acids is 1. The summed E-state index contributed by atoms with van der Waals surface area (Å²) in [4.78, 5) is 12.3. The van der Waals surface area contributed by atoms with Crippen molar-refractivity contribution in [3.05, 3.63) is 0 Å². The molecule has 0 spiro atoms. The molecule has 0 aromatic heterocycles. The molecule has 3 N–H and O–H groups in total. The summed E-state index contributed by atoms with van der Waals surface area (Å²) >= 11 is 0. The Morgan fingerprint density at radius 3 is 2.68 bits per heavy atom. The molecular formula is C16H32N2O. The predicted molar refractivity (Wildman–Crippen MR) is 80.8 cm³/mol. The normalized spacial score (nSPS) is 28.9. The van der Waals surface area contributed by atoms with Crippen LogP contribution in [-0.4, -0.2) is 18.0 Å². The fraction of sp³-hybridized carbons (Fsp3) is 0.938. The van der Waals surface area contributed by atoms with Crippen molar-refractivity contribution < 1.29 is 4.79 Å². The van der Waals surface area contributed by atoms with Gasteiger partial charge in [-0.15, -0.1) is 0 Å². The van der Waals surface area contributed by atoms with E-state index < -0.39 is 0 Å². The van der Waals surface area contributed by atoms with E-state index >= 15 is 0 Å². The van der Waals surface area contributed by atoms with Crippen molar-refractivity contribution in [2.24, 2.45) is 17.6 Å². The summed E-state index contributed by atoms with van der Waals surface area (Å²) in [5.41, 5.74) is 6.12.